The third-order valence-electron chi connectivity index (χ3n) is 3.76. The highest BCUT2D eigenvalue weighted by Crippen LogP contribution is 2.21. The van der Waals surface area contributed by atoms with Gasteiger partial charge in [0.1, 0.15) is 5.75 Å². The van der Waals surface area contributed by atoms with E-state index in [0.717, 1.165) is 11.8 Å². The number of nitrogens with one attached hydrogen (secondary N) is 2. The zero-order chi connectivity index (χ0) is 22.1. The van der Waals surface area contributed by atoms with Gasteiger partial charge in [-0.3, -0.25) is 9.59 Å². The largest absolute Gasteiger partial charge is 0.484 e. The molecule has 10 heteroatoms. The van der Waals surface area contributed by atoms with Gasteiger partial charge in [-0.1, -0.05) is 17.7 Å². The van der Waals surface area contributed by atoms with Crippen molar-refractivity contribution >= 4 is 23.4 Å². The van der Waals surface area contributed by atoms with Crippen LogP contribution in [0.4, 0.5) is 8.78 Å². The number of hydrogen-bond donors (Lipinski definition) is 2. The fraction of sp³-hybridized carbons (Fsp3) is 0.350. The van der Waals surface area contributed by atoms with Crippen molar-refractivity contribution in [2.75, 3.05) is 19.7 Å². The summed E-state index contributed by atoms with van der Waals surface area (Å²) in [5, 5.41) is 5.88. The first kappa shape index (κ1) is 23.3. The average Bonchev–Trinajstić information content (AvgIpc) is 2.68. The summed E-state index contributed by atoms with van der Waals surface area (Å²) in [6, 6.07) is 7.69. The number of pyridine rings is 1. The Kier molecular flexibility index (Phi) is 8.35. The van der Waals surface area contributed by atoms with Gasteiger partial charge in [-0.15, -0.1) is 0 Å². The highest BCUT2D eigenvalue weighted by Gasteiger charge is 2.23. The van der Waals surface area contributed by atoms with Crippen LogP contribution in [0.2, 0.25) is 5.02 Å². The molecule has 0 atom stereocenters. The number of amides is 2. The third-order valence-corrected chi connectivity index (χ3v) is 4.16. The Morgan fingerprint density at radius 1 is 1.17 bits per heavy atom. The molecule has 0 bridgehead atoms. The molecule has 0 unspecified atom stereocenters. The van der Waals surface area contributed by atoms with Gasteiger partial charge in [0.25, 0.3) is 11.8 Å². The van der Waals surface area contributed by atoms with Crippen LogP contribution in [0.15, 0.2) is 36.5 Å². The van der Waals surface area contributed by atoms with E-state index in [4.69, 9.17) is 16.3 Å². The maximum absolute atomic E-state index is 12.7. The summed E-state index contributed by atoms with van der Waals surface area (Å²) in [7, 11) is 0. The molecule has 2 rings (SSSR count). The number of alkyl halides is 2. The van der Waals surface area contributed by atoms with Crippen LogP contribution in [0.25, 0.3) is 0 Å². The lowest BCUT2D eigenvalue weighted by molar-refractivity contribution is -0.161. The van der Waals surface area contributed by atoms with Crippen molar-refractivity contribution in [3.8, 4) is 11.6 Å². The average molecular weight is 442 g/mol. The maximum atomic E-state index is 12.7. The molecule has 2 amide bonds. The maximum Gasteiger partial charge on any atom is 0.396 e. The number of halogens is 3. The van der Waals surface area contributed by atoms with E-state index < -0.39 is 12.0 Å². The quantitative estimate of drug-likeness (QED) is 0.552. The van der Waals surface area contributed by atoms with E-state index in [-0.39, 0.29) is 24.0 Å². The van der Waals surface area contributed by atoms with Gasteiger partial charge < -0.3 is 20.1 Å². The van der Waals surface area contributed by atoms with Gasteiger partial charge in [0, 0.05) is 37.3 Å². The first-order chi connectivity index (χ1) is 14.1. The molecular weight excluding hydrogens is 420 g/mol. The van der Waals surface area contributed by atoms with Crippen molar-refractivity contribution in [1.82, 2.24) is 15.6 Å². The van der Waals surface area contributed by atoms with Crippen molar-refractivity contribution in [3.05, 3.63) is 52.7 Å². The minimum atomic E-state index is -3.35. The van der Waals surface area contributed by atoms with Gasteiger partial charge in [-0.05, 0) is 37.1 Å². The molecule has 0 radical (unpaired) electrons. The standard InChI is InChI=1S/C20H22ClF2N3O4/c1-13-4-6-15(10-16(13)21)29-12-17(27)24-8-3-9-25-19(28)14-5-7-18(26-11-14)30-20(2,22)23/h4-7,10-11H,3,8-9,12H2,1-2H3,(H,24,27)(H,25,28). The van der Waals surface area contributed by atoms with E-state index >= 15 is 0 Å². The van der Waals surface area contributed by atoms with Gasteiger partial charge in [0.2, 0.25) is 5.88 Å². The number of nitrogens with zero attached hydrogens (tertiary/aromatic N) is 1. The smallest absolute Gasteiger partial charge is 0.396 e. The normalized spacial score (nSPS) is 11.0. The summed E-state index contributed by atoms with van der Waals surface area (Å²) >= 11 is 6.00. The van der Waals surface area contributed by atoms with E-state index in [0.29, 0.717) is 37.2 Å². The lowest BCUT2D eigenvalue weighted by Crippen LogP contribution is -2.32. The van der Waals surface area contributed by atoms with Crippen LogP contribution in [0, 0.1) is 6.92 Å². The Morgan fingerprint density at radius 3 is 2.53 bits per heavy atom. The highest BCUT2D eigenvalue weighted by molar-refractivity contribution is 6.31. The molecule has 0 fully saturated rings. The first-order valence-corrected chi connectivity index (χ1v) is 9.48. The molecule has 1 aromatic heterocycles. The zero-order valence-corrected chi connectivity index (χ0v) is 17.3. The van der Waals surface area contributed by atoms with Crippen LogP contribution in [0.3, 0.4) is 0 Å². The monoisotopic (exact) mass is 441 g/mol. The van der Waals surface area contributed by atoms with Crippen LogP contribution >= 0.6 is 11.6 Å². The molecule has 0 aliphatic rings. The number of carbonyl (C=O) groups is 2. The first-order valence-electron chi connectivity index (χ1n) is 9.11. The topological polar surface area (TPSA) is 89.6 Å². The second-order valence-electron chi connectivity index (χ2n) is 6.45. The van der Waals surface area contributed by atoms with Gasteiger partial charge in [0.05, 0.1) is 5.56 Å². The van der Waals surface area contributed by atoms with Crippen LogP contribution in [-0.2, 0) is 4.79 Å². The van der Waals surface area contributed by atoms with Gasteiger partial charge >= 0.3 is 6.11 Å². The van der Waals surface area contributed by atoms with Crippen LogP contribution in [0.1, 0.15) is 29.3 Å². The van der Waals surface area contributed by atoms with Crippen LogP contribution in [0.5, 0.6) is 11.6 Å². The number of benzene rings is 1. The fourth-order valence-electron chi connectivity index (χ4n) is 2.24. The Bertz CT molecular complexity index is 873. The van der Waals surface area contributed by atoms with E-state index in [1.54, 1.807) is 18.2 Å². The van der Waals surface area contributed by atoms with Gasteiger partial charge in [-0.25, -0.2) is 4.98 Å². The molecule has 2 N–H and O–H groups in total. The molecule has 7 nitrogen and oxygen atoms in total. The number of carbonyl (C=O) groups excluding carboxylic acids is 2. The van der Waals surface area contributed by atoms with Crippen molar-refractivity contribution in [2.45, 2.75) is 26.4 Å². The van der Waals surface area contributed by atoms with Crippen molar-refractivity contribution in [2.24, 2.45) is 0 Å². The van der Waals surface area contributed by atoms with E-state index in [9.17, 15) is 18.4 Å². The Labute approximate surface area is 177 Å². The number of hydrogen-bond acceptors (Lipinski definition) is 5. The zero-order valence-electron chi connectivity index (χ0n) is 16.5. The number of aryl methyl sites for hydroxylation is 1. The molecule has 0 aliphatic heterocycles. The molecular formula is C20H22ClF2N3O4. The molecule has 0 saturated carbocycles. The Balaban J connectivity index is 1.63. The molecule has 30 heavy (non-hydrogen) atoms. The van der Waals surface area contributed by atoms with Crippen molar-refractivity contribution < 1.29 is 27.8 Å². The summed E-state index contributed by atoms with van der Waals surface area (Å²) in [5.74, 6) is -0.494. The molecule has 162 valence electrons. The number of rotatable bonds is 10. The molecule has 1 heterocycles. The molecule has 2 aromatic rings. The lowest BCUT2D eigenvalue weighted by atomic mass is 10.2. The highest BCUT2D eigenvalue weighted by atomic mass is 35.5. The molecule has 0 aliphatic carbocycles. The van der Waals surface area contributed by atoms with Gasteiger partial charge in [-0.2, -0.15) is 8.78 Å². The lowest BCUT2D eigenvalue weighted by Gasteiger charge is -2.12. The third kappa shape index (κ3) is 8.20. The molecule has 1 aromatic carbocycles. The summed E-state index contributed by atoms with van der Waals surface area (Å²) in [5.41, 5.74) is 1.12. The summed E-state index contributed by atoms with van der Waals surface area (Å²) < 4.78 is 35.2. The fourth-order valence-corrected chi connectivity index (χ4v) is 2.41. The second kappa shape index (κ2) is 10.7. The number of ether oxygens (including phenoxy) is 2. The second-order valence-corrected chi connectivity index (χ2v) is 6.86. The number of aromatic nitrogens is 1. The Morgan fingerprint density at radius 2 is 1.90 bits per heavy atom. The van der Waals surface area contributed by atoms with E-state index in [1.807, 2.05) is 6.92 Å². The predicted molar refractivity (Wildman–Crippen MR) is 107 cm³/mol. The van der Waals surface area contributed by atoms with E-state index in [2.05, 4.69) is 20.4 Å². The van der Waals surface area contributed by atoms with E-state index in [1.165, 1.54) is 12.1 Å². The Hall–Kier alpha value is -2.94. The minimum absolute atomic E-state index is 0.150. The summed E-state index contributed by atoms with van der Waals surface area (Å²) in [6.07, 6.45) is -1.71. The minimum Gasteiger partial charge on any atom is -0.484 e. The molecule has 0 spiro atoms. The van der Waals surface area contributed by atoms with Crippen molar-refractivity contribution in [3.63, 3.8) is 0 Å². The predicted octanol–water partition coefficient (Wildman–Crippen LogP) is 3.35. The summed E-state index contributed by atoms with van der Waals surface area (Å²) in [6.45, 7) is 2.96. The summed E-state index contributed by atoms with van der Waals surface area (Å²) in [4.78, 5) is 27.4. The van der Waals surface area contributed by atoms with Gasteiger partial charge in [0.15, 0.2) is 6.61 Å². The molecule has 0 saturated heterocycles. The van der Waals surface area contributed by atoms with Crippen LogP contribution < -0.4 is 20.1 Å². The van der Waals surface area contributed by atoms with Crippen LogP contribution in [-0.4, -0.2) is 42.6 Å². The SMILES string of the molecule is Cc1ccc(OCC(=O)NCCCNC(=O)c2ccc(OC(C)(F)F)nc2)cc1Cl. The van der Waals surface area contributed by atoms with Crippen molar-refractivity contribution in [1.29, 1.82) is 0 Å².